The third-order valence-corrected chi connectivity index (χ3v) is 2.01. The summed E-state index contributed by atoms with van der Waals surface area (Å²) < 4.78 is 4.60. The van der Waals surface area contributed by atoms with Gasteiger partial charge in [0.15, 0.2) is 5.82 Å². The van der Waals surface area contributed by atoms with Crippen molar-refractivity contribution in [3.8, 4) is 11.8 Å². The maximum Gasteiger partial charge on any atom is 0.275 e. The van der Waals surface area contributed by atoms with Gasteiger partial charge in [-0.2, -0.15) is 0 Å². The second kappa shape index (κ2) is 5.61. The summed E-state index contributed by atoms with van der Waals surface area (Å²) in [6, 6.07) is 4.82. The lowest BCUT2D eigenvalue weighted by Crippen LogP contribution is -2.13. The van der Waals surface area contributed by atoms with Crippen molar-refractivity contribution in [2.24, 2.45) is 5.73 Å². The summed E-state index contributed by atoms with van der Waals surface area (Å²) in [6.45, 7) is 0.286. The van der Waals surface area contributed by atoms with Gasteiger partial charge in [0.1, 0.15) is 12.0 Å². The van der Waals surface area contributed by atoms with Crippen molar-refractivity contribution in [1.82, 2.24) is 10.1 Å². The van der Waals surface area contributed by atoms with E-state index in [1.165, 1.54) is 12.5 Å². The Balaban J connectivity index is 2.07. The second-order valence-corrected chi connectivity index (χ2v) is 3.28. The highest BCUT2D eigenvalue weighted by Crippen LogP contribution is 2.05. The second-order valence-electron chi connectivity index (χ2n) is 3.28. The van der Waals surface area contributed by atoms with Crippen LogP contribution < -0.4 is 11.1 Å². The van der Waals surface area contributed by atoms with Gasteiger partial charge in [-0.3, -0.25) is 4.79 Å². The molecule has 1 amide bonds. The average molecular weight is 242 g/mol. The monoisotopic (exact) mass is 242 g/mol. The average Bonchev–Trinajstić information content (AvgIpc) is 2.89. The first-order chi connectivity index (χ1) is 8.79. The largest absolute Gasteiger partial charge is 0.363 e. The summed E-state index contributed by atoms with van der Waals surface area (Å²) in [5, 5.41) is 6.11. The number of carbonyl (C=O) groups is 1. The minimum absolute atomic E-state index is 0.274. The Kier molecular flexibility index (Phi) is 3.69. The van der Waals surface area contributed by atoms with Crippen molar-refractivity contribution < 1.29 is 9.32 Å². The third-order valence-electron chi connectivity index (χ3n) is 2.01. The maximum atomic E-state index is 11.7. The van der Waals surface area contributed by atoms with Gasteiger partial charge in [0.05, 0.1) is 6.54 Å². The van der Waals surface area contributed by atoms with Crippen LogP contribution in [0.1, 0.15) is 16.1 Å². The Bertz CT molecular complexity index is 579. The zero-order valence-corrected chi connectivity index (χ0v) is 9.38. The zero-order chi connectivity index (χ0) is 12.8. The van der Waals surface area contributed by atoms with E-state index >= 15 is 0 Å². The van der Waals surface area contributed by atoms with Gasteiger partial charge in [0.25, 0.3) is 5.91 Å². The van der Waals surface area contributed by atoms with E-state index in [0.717, 1.165) is 0 Å². The maximum absolute atomic E-state index is 11.7. The number of aromatic nitrogens is 2. The minimum atomic E-state index is -0.359. The van der Waals surface area contributed by atoms with Gasteiger partial charge in [-0.25, -0.2) is 4.98 Å². The van der Waals surface area contributed by atoms with E-state index in [1.807, 2.05) is 0 Å². The molecule has 6 nitrogen and oxygen atoms in total. The van der Waals surface area contributed by atoms with E-state index in [2.05, 4.69) is 31.8 Å². The number of carbonyl (C=O) groups excluding carboxylic acids is 1. The van der Waals surface area contributed by atoms with Crippen molar-refractivity contribution in [2.45, 2.75) is 0 Å². The van der Waals surface area contributed by atoms with E-state index in [0.29, 0.717) is 11.4 Å². The van der Waals surface area contributed by atoms with Gasteiger partial charge in [-0.15, -0.1) is 0 Å². The third kappa shape index (κ3) is 2.93. The lowest BCUT2D eigenvalue weighted by Gasteiger charge is -2.00. The van der Waals surface area contributed by atoms with Gasteiger partial charge in [0.2, 0.25) is 0 Å². The summed E-state index contributed by atoms with van der Waals surface area (Å²) in [5.74, 6) is 5.51. The number of nitrogens with two attached hydrogens (primary N) is 1. The molecule has 0 aliphatic heterocycles. The van der Waals surface area contributed by atoms with Crippen LogP contribution in [0, 0.1) is 11.8 Å². The van der Waals surface area contributed by atoms with Gasteiger partial charge in [-0.05, 0) is 12.1 Å². The van der Waals surface area contributed by atoms with Crippen LogP contribution in [0.5, 0.6) is 0 Å². The Morgan fingerprint density at radius 2 is 2.33 bits per heavy atom. The van der Waals surface area contributed by atoms with Crippen molar-refractivity contribution in [3.63, 3.8) is 0 Å². The molecular formula is C12H10N4O2. The Labute approximate surface area is 103 Å². The van der Waals surface area contributed by atoms with Crippen LogP contribution in [-0.4, -0.2) is 22.6 Å². The number of hydrogen-bond donors (Lipinski definition) is 2. The Morgan fingerprint density at radius 3 is 2.94 bits per heavy atom. The quantitative estimate of drug-likeness (QED) is 0.753. The lowest BCUT2D eigenvalue weighted by atomic mass is 10.2. The number of amides is 1. The molecule has 0 radical (unpaired) electrons. The first-order valence-corrected chi connectivity index (χ1v) is 5.16. The molecule has 2 aromatic rings. The van der Waals surface area contributed by atoms with Crippen molar-refractivity contribution in [2.75, 3.05) is 11.9 Å². The smallest absolute Gasteiger partial charge is 0.275 e. The fourth-order valence-corrected chi connectivity index (χ4v) is 1.21. The van der Waals surface area contributed by atoms with Crippen molar-refractivity contribution in [1.29, 1.82) is 0 Å². The van der Waals surface area contributed by atoms with Gasteiger partial charge < -0.3 is 15.6 Å². The van der Waals surface area contributed by atoms with E-state index < -0.39 is 0 Å². The molecule has 0 spiro atoms. The molecule has 2 rings (SSSR count). The van der Waals surface area contributed by atoms with E-state index in [1.54, 1.807) is 18.2 Å². The van der Waals surface area contributed by atoms with Crippen LogP contribution in [0.25, 0.3) is 0 Å². The predicted molar refractivity (Wildman–Crippen MR) is 64.6 cm³/mol. The summed E-state index contributed by atoms with van der Waals surface area (Å²) in [6.07, 6.45) is 2.88. The fraction of sp³-hybridized carbons (Fsp3) is 0.0833. The number of nitrogens with zero attached hydrogens (tertiary/aromatic N) is 2. The van der Waals surface area contributed by atoms with Gasteiger partial charge >= 0.3 is 0 Å². The molecular weight excluding hydrogens is 232 g/mol. The standard InChI is InChI=1S/C12H10N4O2/c13-6-1-2-9-3-4-10(14-8-9)12(17)15-11-5-7-18-16-11/h3-5,7-8H,6,13H2,(H,15,16,17). The summed E-state index contributed by atoms with van der Waals surface area (Å²) in [4.78, 5) is 15.7. The molecule has 2 heterocycles. The Hall–Kier alpha value is -2.65. The normalized spacial score (nSPS) is 9.39. The predicted octanol–water partition coefficient (Wildman–Crippen LogP) is 0.632. The molecule has 3 N–H and O–H groups in total. The van der Waals surface area contributed by atoms with E-state index in [4.69, 9.17) is 5.73 Å². The minimum Gasteiger partial charge on any atom is -0.363 e. The molecule has 2 aromatic heterocycles. The molecule has 18 heavy (non-hydrogen) atoms. The van der Waals surface area contributed by atoms with Crippen LogP contribution in [0.15, 0.2) is 35.2 Å². The zero-order valence-electron chi connectivity index (χ0n) is 9.38. The first kappa shape index (κ1) is 11.8. The molecule has 0 aromatic carbocycles. The molecule has 0 bridgehead atoms. The number of hydrogen-bond acceptors (Lipinski definition) is 5. The SMILES string of the molecule is NCC#Cc1ccc(C(=O)Nc2ccon2)nc1. The topological polar surface area (TPSA) is 94.0 Å². The van der Waals surface area contributed by atoms with Crippen LogP contribution in [0.4, 0.5) is 5.82 Å². The van der Waals surface area contributed by atoms with Crippen LogP contribution in [0.3, 0.4) is 0 Å². The van der Waals surface area contributed by atoms with Crippen molar-refractivity contribution in [3.05, 3.63) is 41.9 Å². The molecule has 0 saturated carbocycles. The molecule has 0 fully saturated rings. The molecule has 0 aliphatic carbocycles. The van der Waals surface area contributed by atoms with Gasteiger partial charge in [-0.1, -0.05) is 17.0 Å². The molecule has 6 heteroatoms. The fourth-order valence-electron chi connectivity index (χ4n) is 1.21. The lowest BCUT2D eigenvalue weighted by molar-refractivity contribution is 0.102. The molecule has 0 aliphatic rings. The first-order valence-electron chi connectivity index (χ1n) is 5.16. The molecule has 0 atom stereocenters. The molecule has 0 unspecified atom stereocenters. The summed E-state index contributed by atoms with van der Waals surface area (Å²) in [5.41, 5.74) is 6.24. The number of nitrogens with one attached hydrogen (secondary N) is 1. The van der Waals surface area contributed by atoms with Crippen molar-refractivity contribution >= 4 is 11.7 Å². The molecule has 0 saturated heterocycles. The highest BCUT2D eigenvalue weighted by atomic mass is 16.5. The van der Waals surface area contributed by atoms with E-state index in [9.17, 15) is 4.79 Å². The molecule has 90 valence electrons. The van der Waals surface area contributed by atoms with Crippen LogP contribution in [-0.2, 0) is 0 Å². The summed E-state index contributed by atoms with van der Waals surface area (Å²) in [7, 11) is 0. The van der Waals surface area contributed by atoms with Crippen LogP contribution >= 0.6 is 0 Å². The highest BCUT2D eigenvalue weighted by molar-refractivity contribution is 6.02. The Morgan fingerprint density at radius 1 is 1.44 bits per heavy atom. The van der Waals surface area contributed by atoms with Crippen LogP contribution in [0.2, 0.25) is 0 Å². The highest BCUT2D eigenvalue weighted by Gasteiger charge is 2.08. The van der Waals surface area contributed by atoms with E-state index in [-0.39, 0.29) is 18.1 Å². The van der Waals surface area contributed by atoms with Gasteiger partial charge in [0, 0.05) is 17.8 Å². The summed E-state index contributed by atoms with van der Waals surface area (Å²) >= 11 is 0. The number of anilines is 1. The number of pyridine rings is 1. The number of rotatable bonds is 2.